The maximum atomic E-state index is 12.8. The van der Waals surface area contributed by atoms with Gasteiger partial charge in [0.15, 0.2) is 0 Å². The smallest absolute Gasteiger partial charge is 0.280 e. The first-order valence-electron chi connectivity index (χ1n) is 6.52. The molecular formula is C16H14ClN3O. The van der Waals surface area contributed by atoms with Crippen LogP contribution < -0.4 is 10.5 Å². The Bertz CT molecular complexity index is 871. The molecule has 0 radical (unpaired) electrons. The normalized spacial score (nSPS) is 10.8. The Balaban J connectivity index is 2.44. The molecule has 0 saturated carbocycles. The van der Waals surface area contributed by atoms with E-state index >= 15 is 0 Å². The Labute approximate surface area is 127 Å². The van der Waals surface area contributed by atoms with Gasteiger partial charge in [0.25, 0.3) is 5.56 Å². The van der Waals surface area contributed by atoms with E-state index in [4.69, 9.17) is 11.6 Å². The van der Waals surface area contributed by atoms with Gasteiger partial charge >= 0.3 is 0 Å². The summed E-state index contributed by atoms with van der Waals surface area (Å²) in [7, 11) is 3.70. The Kier molecular flexibility index (Phi) is 3.39. The van der Waals surface area contributed by atoms with Crippen LogP contribution in [0.15, 0.2) is 53.5 Å². The SMILES string of the molecule is CN(C)c1cc2cccnc2n(-c2cccc(Cl)c2)c1=O. The van der Waals surface area contributed by atoms with Crippen LogP contribution in [-0.4, -0.2) is 23.6 Å². The first-order chi connectivity index (χ1) is 10.1. The third-order valence-corrected chi connectivity index (χ3v) is 3.53. The van der Waals surface area contributed by atoms with Crippen molar-refractivity contribution in [2.45, 2.75) is 0 Å². The molecule has 0 N–H and O–H groups in total. The number of nitrogens with zero attached hydrogens (tertiary/aromatic N) is 3. The highest BCUT2D eigenvalue weighted by atomic mass is 35.5. The molecule has 0 bridgehead atoms. The minimum Gasteiger partial charge on any atom is -0.373 e. The number of halogens is 1. The first kappa shape index (κ1) is 13.6. The van der Waals surface area contributed by atoms with E-state index in [1.54, 1.807) is 27.8 Å². The number of aromatic nitrogens is 2. The molecule has 0 aliphatic carbocycles. The molecule has 0 fully saturated rings. The van der Waals surface area contributed by atoms with Gasteiger partial charge in [0, 0.05) is 30.7 Å². The fraction of sp³-hybridized carbons (Fsp3) is 0.125. The standard InChI is InChI=1S/C16H14ClN3O/c1-19(2)14-9-11-5-4-8-18-15(11)20(16(14)21)13-7-3-6-12(17)10-13/h3-10H,1-2H3. The third kappa shape index (κ3) is 2.38. The lowest BCUT2D eigenvalue weighted by molar-refractivity contribution is 0.985. The second kappa shape index (κ2) is 5.22. The molecule has 2 heterocycles. The second-order valence-electron chi connectivity index (χ2n) is 4.96. The summed E-state index contributed by atoms with van der Waals surface area (Å²) in [5.74, 6) is 0. The highest BCUT2D eigenvalue weighted by molar-refractivity contribution is 6.30. The van der Waals surface area contributed by atoms with E-state index in [2.05, 4.69) is 4.98 Å². The van der Waals surface area contributed by atoms with Crippen LogP contribution in [0.2, 0.25) is 5.02 Å². The molecular weight excluding hydrogens is 286 g/mol. The molecule has 0 amide bonds. The van der Waals surface area contributed by atoms with Crippen LogP contribution in [0.1, 0.15) is 0 Å². The van der Waals surface area contributed by atoms with Gasteiger partial charge in [-0.3, -0.25) is 9.36 Å². The summed E-state index contributed by atoms with van der Waals surface area (Å²) < 4.78 is 1.59. The quantitative estimate of drug-likeness (QED) is 0.730. The van der Waals surface area contributed by atoms with Gasteiger partial charge in [0.05, 0.1) is 5.69 Å². The van der Waals surface area contributed by atoms with Crippen LogP contribution >= 0.6 is 11.6 Å². The molecule has 0 spiro atoms. The van der Waals surface area contributed by atoms with E-state index < -0.39 is 0 Å². The van der Waals surface area contributed by atoms with Crippen molar-refractivity contribution in [1.29, 1.82) is 0 Å². The monoisotopic (exact) mass is 299 g/mol. The molecule has 3 aromatic rings. The van der Waals surface area contributed by atoms with Crippen molar-refractivity contribution in [1.82, 2.24) is 9.55 Å². The zero-order valence-corrected chi connectivity index (χ0v) is 12.5. The number of anilines is 1. The summed E-state index contributed by atoms with van der Waals surface area (Å²) in [5.41, 5.74) is 1.82. The highest BCUT2D eigenvalue weighted by Crippen LogP contribution is 2.20. The molecule has 0 aliphatic rings. The number of hydrogen-bond donors (Lipinski definition) is 0. The molecule has 0 atom stereocenters. The minimum atomic E-state index is -0.117. The van der Waals surface area contributed by atoms with Gasteiger partial charge in [-0.15, -0.1) is 0 Å². The van der Waals surface area contributed by atoms with E-state index in [0.29, 0.717) is 22.0 Å². The number of hydrogen-bond acceptors (Lipinski definition) is 3. The van der Waals surface area contributed by atoms with Crippen LogP contribution in [0, 0.1) is 0 Å². The van der Waals surface area contributed by atoms with Crippen molar-refractivity contribution in [3.05, 3.63) is 64.0 Å². The van der Waals surface area contributed by atoms with Crippen molar-refractivity contribution in [2.75, 3.05) is 19.0 Å². The zero-order chi connectivity index (χ0) is 15.0. The van der Waals surface area contributed by atoms with E-state index in [1.807, 2.05) is 44.4 Å². The van der Waals surface area contributed by atoms with Crippen LogP contribution in [0.3, 0.4) is 0 Å². The molecule has 2 aromatic heterocycles. The summed E-state index contributed by atoms with van der Waals surface area (Å²) >= 11 is 6.05. The van der Waals surface area contributed by atoms with Crippen LogP contribution in [-0.2, 0) is 0 Å². The van der Waals surface area contributed by atoms with E-state index in [0.717, 1.165) is 5.39 Å². The number of pyridine rings is 2. The maximum Gasteiger partial charge on any atom is 0.280 e. The Morgan fingerprint density at radius 1 is 1.14 bits per heavy atom. The molecule has 1 aromatic carbocycles. The summed E-state index contributed by atoms with van der Waals surface area (Å²) in [4.78, 5) is 18.9. The van der Waals surface area contributed by atoms with Crippen molar-refractivity contribution < 1.29 is 0 Å². The second-order valence-corrected chi connectivity index (χ2v) is 5.40. The largest absolute Gasteiger partial charge is 0.373 e. The molecule has 0 unspecified atom stereocenters. The van der Waals surface area contributed by atoms with Crippen LogP contribution in [0.25, 0.3) is 16.7 Å². The molecule has 21 heavy (non-hydrogen) atoms. The van der Waals surface area contributed by atoms with E-state index in [1.165, 1.54) is 0 Å². The van der Waals surface area contributed by atoms with E-state index in [9.17, 15) is 4.79 Å². The third-order valence-electron chi connectivity index (χ3n) is 3.29. The lowest BCUT2D eigenvalue weighted by Crippen LogP contribution is -2.26. The van der Waals surface area contributed by atoms with Gasteiger partial charge < -0.3 is 4.90 Å². The Morgan fingerprint density at radius 3 is 2.67 bits per heavy atom. The fourth-order valence-electron chi connectivity index (χ4n) is 2.30. The minimum absolute atomic E-state index is 0.117. The number of benzene rings is 1. The molecule has 4 nitrogen and oxygen atoms in total. The van der Waals surface area contributed by atoms with Crippen molar-refractivity contribution in [3.8, 4) is 5.69 Å². The van der Waals surface area contributed by atoms with Crippen molar-refractivity contribution >= 4 is 28.3 Å². The lowest BCUT2D eigenvalue weighted by atomic mass is 10.2. The van der Waals surface area contributed by atoms with Crippen molar-refractivity contribution in [2.24, 2.45) is 0 Å². The number of fused-ring (bicyclic) bond motifs is 1. The highest BCUT2D eigenvalue weighted by Gasteiger charge is 2.13. The number of rotatable bonds is 2. The van der Waals surface area contributed by atoms with Gasteiger partial charge in [0.1, 0.15) is 11.3 Å². The molecule has 106 valence electrons. The summed E-state index contributed by atoms with van der Waals surface area (Å²) in [6.07, 6.45) is 1.68. The van der Waals surface area contributed by atoms with Crippen molar-refractivity contribution in [3.63, 3.8) is 0 Å². The summed E-state index contributed by atoms with van der Waals surface area (Å²) in [6, 6.07) is 12.9. The first-order valence-corrected chi connectivity index (χ1v) is 6.90. The van der Waals surface area contributed by atoms with Crippen LogP contribution in [0.4, 0.5) is 5.69 Å². The zero-order valence-electron chi connectivity index (χ0n) is 11.7. The maximum absolute atomic E-state index is 12.8. The summed E-state index contributed by atoms with van der Waals surface area (Å²) in [6.45, 7) is 0. The topological polar surface area (TPSA) is 38.1 Å². The Morgan fingerprint density at radius 2 is 1.95 bits per heavy atom. The molecule has 0 saturated heterocycles. The predicted octanol–water partition coefficient (Wildman–Crippen LogP) is 3.11. The molecule has 5 heteroatoms. The molecule has 3 rings (SSSR count). The van der Waals surface area contributed by atoms with E-state index in [-0.39, 0.29) is 5.56 Å². The van der Waals surface area contributed by atoms with Gasteiger partial charge in [0.2, 0.25) is 0 Å². The predicted molar refractivity (Wildman–Crippen MR) is 86.7 cm³/mol. The van der Waals surface area contributed by atoms with Gasteiger partial charge in [-0.2, -0.15) is 0 Å². The van der Waals surface area contributed by atoms with Crippen LogP contribution in [0.5, 0.6) is 0 Å². The lowest BCUT2D eigenvalue weighted by Gasteiger charge is -2.16. The average molecular weight is 300 g/mol. The fourth-order valence-corrected chi connectivity index (χ4v) is 2.49. The summed E-state index contributed by atoms with van der Waals surface area (Å²) in [5, 5.41) is 1.49. The van der Waals surface area contributed by atoms with Gasteiger partial charge in [-0.25, -0.2) is 4.98 Å². The van der Waals surface area contributed by atoms with Gasteiger partial charge in [-0.05, 0) is 36.4 Å². The molecule has 0 aliphatic heterocycles. The van der Waals surface area contributed by atoms with Gasteiger partial charge in [-0.1, -0.05) is 17.7 Å². The Hall–Kier alpha value is -2.33. The average Bonchev–Trinajstić information content (AvgIpc) is 2.46.